The van der Waals surface area contributed by atoms with E-state index in [0.717, 1.165) is 11.5 Å². The fourth-order valence-corrected chi connectivity index (χ4v) is 3.08. The minimum atomic E-state index is -0.192. The number of fused-ring (bicyclic) bond motifs is 3. The second-order valence-corrected chi connectivity index (χ2v) is 6.03. The minimum absolute atomic E-state index is 0.192. The third-order valence-corrected chi connectivity index (χ3v) is 4.40. The summed E-state index contributed by atoms with van der Waals surface area (Å²) < 4.78 is 3.25. The Hall–Kier alpha value is -4.01. The predicted octanol–water partition coefficient (Wildman–Crippen LogP) is 2.13. The molecule has 4 heterocycles. The second-order valence-electron chi connectivity index (χ2n) is 6.03. The van der Waals surface area contributed by atoms with Crippen molar-refractivity contribution >= 4 is 33.7 Å². The molecular formula is C18H14N8O. The maximum absolute atomic E-state index is 13.1. The van der Waals surface area contributed by atoms with Crippen molar-refractivity contribution in [2.45, 2.75) is 0 Å². The number of hydrogen-bond donors (Lipinski definition) is 2. The molecule has 0 aliphatic rings. The van der Waals surface area contributed by atoms with Crippen LogP contribution >= 0.6 is 0 Å². The van der Waals surface area contributed by atoms with Gasteiger partial charge in [0.05, 0.1) is 34.4 Å². The summed E-state index contributed by atoms with van der Waals surface area (Å²) in [5.41, 5.74) is 1.64. The quantitative estimate of drug-likeness (QED) is 0.512. The van der Waals surface area contributed by atoms with Crippen LogP contribution in [0.4, 0.5) is 11.8 Å². The SMILES string of the molecule is Cn1nccc1Nc1ncc2c3[nH]ncc3c(=O)n(-c3ccccc3)c2n1. The number of pyridine rings is 1. The van der Waals surface area contributed by atoms with E-state index in [0.29, 0.717) is 27.9 Å². The number of H-pyrrole nitrogens is 1. The van der Waals surface area contributed by atoms with E-state index < -0.39 is 0 Å². The van der Waals surface area contributed by atoms with Gasteiger partial charge in [-0.15, -0.1) is 0 Å². The lowest BCUT2D eigenvalue weighted by atomic mass is 10.2. The van der Waals surface area contributed by atoms with E-state index in [9.17, 15) is 4.79 Å². The third-order valence-electron chi connectivity index (χ3n) is 4.40. The molecule has 4 aromatic heterocycles. The zero-order chi connectivity index (χ0) is 18.4. The first kappa shape index (κ1) is 15.3. The van der Waals surface area contributed by atoms with Crippen molar-refractivity contribution in [3.63, 3.8) is 0 Å². The van der Waals surface area contributed by atoms with Gasteiger partial charge in [-0.2, -0.15) is 15.2 Å². The molecule has 1 aromatic carbocycles. The van der Waals surface area contributed by atoms with E-state index in [2.05, 4.69) is 30.6 Å². The van der Waals surface area contributed by atoms with Crippen molar-refractivity contribution < 1.29 is 0 Å². The maximum Gasteiger partial charge on any atom is 0.267 e. The molecule has 0 aliphatic heterocycles. The van der Waals surface area contributed by atoms with Crippen LogP contribution in [0.1, 0.15) is 0 Å². The molecule has 0 aliphatic carbocycles. The number of aromatic amines is 1. The second kappa shape index (κ2) is 5.77. The Bertz CT molecular complexity index is 1330. The topological polar surface area (TPSA) is 106 Å². The van der Waals surface area contributed by atoms with Gasteiger partial charge in [0.2, 0.25) is 5.95 Å². The van der Waals surface area contributed by atoms with E-state index >= 15 is 0 Å². The number of rotatable bonds is 3. The largest absolute Gasteiger partial charge is 0.309 e. The lowest BCUT2D eigenvalue weighted by Gasteiger charge is -2.12. The van der Waals surface area contributed by atoms with Crippen LogP contribution in [0.5, 0.6) is 0 Å². The summed E-state index contributed by atoms with van der Waals surface area (Å²) in [6.45, 7) is 0. The molecular weight excluding hydrogens is 344 g/mol. The van der Waals surface area contributed by atoms with E-state index in [-0.39, 0.29) is 5.56 Å². The number of hydrogen-bond acceptors (Lipinski definition) is 6. The molecule has 9 nitrogen and oxygen atoms in total. The molecule has 9 heteroatoms. The molecule has 0 unspecified atom stereocenters. The normalized spacial score (nSPS) is 11.3. The number of nitrogens with one attached hydrogen (secondary N) is 2. The highest BCUT2D eigenvalue weighted by Gasteiger charge is 2.16. The summed E-state index contributed by atoms with van der Waals surface area (Å²) in [7, 11) is 1.82. The molecule has 0 bridgehead atoms. The number of benzene rings is 1. The van der Waals surface area contributed by atoms with Crippen LogP contribution in [0.3, 0.4) is 0 Å². The highest BCUT2D eigenvalue weighted by molar-refractivity contribution is 6.02. The van der Waals surface area contributed by atoms with Crippen molar-refractivity contribution in [3.8, 4) is 5.69 Å². The van der Waals surface area contributed by atoms with Gasteiger partial charge in [0, 0.05) is 19.3 Å². The number of aromatic nitrogens is 7. The van der Waals surface area contributed by atoms with Crippen molar-refractivity contribution in [2.24, 2.45) is 7.05 Å². The average Bonchev–Trinajstić information content (AvgIpc) is 3.33. The Morgan fingerprint density at radius 2 is 1.93 bits per heavy atom. The smallest absolute Gasteiger partial charge is 0.267 e. The highest BCUT2D eigenvalue weighted by Crippen LogP contribution is 2.23. The van der Waals surface area contributed by atoms with Crippen molar-refractivity contribution in [1.82, 2.24) is 34.5 Å². The molecule has 0 radical (unpaired) electrons. The lowest BCUT2D eigenvalue weighted by molar-refractivity contribution is 0.775. The van der Waals surface area contributed by atoms with Gasteiger partial charge >= 0.3 is 0 Å². The van der Waals surface area contributed by atoms with Gasteiger partial charge in [-0.3, -0.25) is 19.1 Å². The van der Waals surface area contributed by atoms with Crippen LogP contribution in [0.15, 0.2) is 59.8 Å². The van der Waals surface area contributed by atoms with Gasteiger partial charge in [-0.25, -0.2) is 4.98 Å². The predicted molar refractivity (Wildman–Crippen MR) is 101 cm³/mol. The lowest BCUT2D eigenvalue weighted by Crippen LogP contribution is -2.20. The summed E-state index contributed by atoms with van der Waals surface area (Å²) in [4.78, 5) is 22.1. The molecule has 0 atom stereocenters. The molecule has 132 valence electrons. The van der Waals surface area contributed by atoms with Gasteiger partial charge in [0.15, 0.2) is 5.65 Å². The molecule has 0 amide bonds. The van der Waals surface area contributed by atoms with Crippen LogP contribution in [-0.2, 0) is 7.05 Å². The first-order valence-electron chi connectivity index (χ1n) is 8.27. The Labute approximate surface area is 152 Å². The summed E-state index contributed by atoms with van der Waals surface area (Å²) >= 11 is 0. The van der Waals surface area contributed by atoms with Crippen LogP contribution in [0.25, 0.3) is 27.6 Å². The van der Waals surface area contributed by atoms with Crippen LogP contribution < -0.4 is 10.9 Å². The van der Waals surface area contributed by atoms with Gasteiger partial charge in [0.1, 0.15) is 5.82 Å². The Balaban J connectivity index is 1.81. The Morgan fingerprint density at radius 1 is 1.07 bits per heavy atom. The van der Waals surface area contributed by atoms with E-state index in [1.165, 1.54) is 6.20 Å². The van der Waals surface area contributed by atoms with Gasteiger partial charge in [0.25, 0.3) is 5.56 Å². The zero-order valence-electron chi connectivity index (χ0n) is 14.3. The fraction of sp³-hybridized carbons (Fsp3) is 0.0556. The molecule has 5 rings (SSSR count). The Kier molecular flexibility index (Phi) is 3.26. The van der Waals surface area contributed by atoms with Crippen molar-refractivity contribution in [1.29, 1.82) is 0 Å². The summed E-state index contributed by atoms with van der Waals surface area (Å²) in [5.74, 6) is 1.11. The van der Waals surface area contributed by atoms with E-state index in [1.807, 2.05) is 43.4 Å². The summed E-state index contributed by atoms with van der Waals surface area (Å²) in [6.07, 6.45) is 4.89. The maximum atomic E-state index is 13.1. The van der Waals surface area contributed by atoms with Gasteiger partial charge < -0.3 is 5.32 Å². The standard InChI is InChI=1S/C18H14N8O/c1-25-14(7-8-21-25)22-18-19-9-12-15-13(10-20-24-15)17(27)26(16(12)23-18)11-5-3-2-4-6-11/h2-10H,1H3,(H,20,24)(H,19,22,23). The number of para-hydroxylation sites is 1. The number of aryl methyl sites for hydroxylation is 1. The fourth-order valence-electron chi connectivity index (χ4n) is 3.08. The van der Waals surface area contributed by atoms with Crippen LogP contribution in [0.2, 0.25) is 0 Å². The molecule has 0 fully saturated rings. The Morgan fingerprint density at radius 3 is 2.70 bits per heavy atom. The van der Waals surface area contributed by atoms with Crippen LogP contribution in [0, 0.1) is 0 Å². The van der Waals surface area contributed by atoms with Gasteiger partial charge in [-0.05, 0) is 12.1 Å². The highest BCUT2D eigenvalue weighted by atomic mass is 16.1. The van der Waals surface area contributed by atoms with E-state index in [1.54, 1.807) is 21.6 Å². The molecule has 0 spiro atoms. The molecule has 5 aromatic rings. The minimum Gasteiger partial charge on any atom is -0.309 e. The number of nitrogens with zero attached hydrogens (tertiary/aromatic N) is 6. The monoisotopic (exact) mass is 358 g/mol. The first-order valence-corrected chi connectivity index (χ1v) is 8.27. The zero-order valence-corrected chi connectivity index (χ0v) is 14.3. The van der Waals surface area contributed by atoms with Crippen molar-refractivity contribution in [3.05, 3.63) is 65.3 Å². The molecule has 2 N–H and O–H groups in total. The molecule has 0 saturated carbocycles. The van der Waals surface area contributed by atoms with E-state index in [4.69, 9.17) is 0 Å². The summed E-state index contributed by atoms with van der Waals surface area (Å²) in [6, 6.07) is 11.2. The summed E-state index contributed by atoms with van der Waals surface area (Å²) in [5, 5.41) is 15.3. The first-order chi connectivity index (χ1) is 13.2. The third kappa shape index (κ3) is 2.36. The average molecular weight is 358 g/mol. The molecule has 0 saturated heterocycles. The van der Waals surface area contributed by atoms with Crippen molar-refractivity contribution in [2.75, 3.05) is 5.32 Å². The van der Waals surface area contributed by atoms with Crippen LogP contribution in [-0.4, -0.2) is 34.5 Å². The number of anilines is 2. The van der Waals surface area contributed by atoms with Gasteiger partial charge in [-0.1, -0.05) is 18.2 Å². The molecule has 27 heavy (non-hydrogen) atoms.